The van der Waals surface area contributed by atoms with E-state index in [1.165, 1.54) is 21.9 Å². The Bertz CT molecular complexity index is 2330. The van der Waals surface area contributed by atoms with Gasteiger partial charge in [0.25, 0.3) is 0 Å². The first kappa shape index (κ1) is 44.7. The van der Waals surface area contributed by atoms with Gasteiger partial charge >= 0.3 is 24.5 Å². The van der Waals surface area contributed by atoms with Crippen LogP contribution < -0.4 is 31.1 Å². The molecule has 6 fully saturated rings. The van der Waals surface area contributed by atoms with E-state index in [1.807, 2.05) is 0 Å². The van der Waals surface area contributed by atoms with Crippen molar-refractivity contribution in [2.75, 3.05) is 83.7 Å². The molecule has 2 unspecified atom stereocenters. The number of nitrogen functional groups attached to an aromatic ring is 2. The Balaban J connectivity index is 0.000000166. The number of nitrogens with zero attached hydrogens (tertiary/aromatic N) is 12. The molecule has 6 N–H and O–H groups in total. The maximum atomic E-state index is 13.7. The van der Waals surface area contributed by atoms with E-state index in [4.69, 9.17) is 30.4 Å². The molecular weight excluding hydrogens is 894 g/mol. The maximum Gasteiger partial charge on any atom is 0.434 e. The van der Waals surface area contributed by atoms with Crippen molar-refractivity contribution in [3.63, 3.8) is 0 Å². The summed E-state index contributed by atoms with van der Waals surface area (Å²) in [5.74, 6) is -0.661. The number of aliphatic hydroxyl groups is 2. The van der Waals surface area contributed by atoms with Gasteiger partial charge in [-0.15, -0.1) is 0 Å². The van der Waals surface area contributed by atoms with Crippen LogP contribution in [0.3, 0.4) is 0 Å². The topological polar surface area (TPSA) is 280 Å². The Labute approximate surface area is 368 Å². The molecule has 6 atom stereocenters. The second-order valence-electron chi connectivity index (χ2n) is 15.9. The van der Waals surface area contributed by atoms with Crippen LogP contribution in [0.15, 0.2) is 24.5 Å². The molecule has 352 valence electrons. The van der Waals surface area contributed by atoms with Gasteiger partial charge in [-0.3, -0.25) is 9.80 Å². The lowest BCUT2D eigenvalue weighted by atomic mass is 10.1. The lowest BCUT2D eigenvalue weighted by Crippen LogP contribution is -2.39. The molecule has 10 rings (SSSR count). The number of halogens is 6. The first-order valence-electron chi connectivity index (χ1n) is 20.6. The average Bonchev–Trinajstić information content (AvgIpc) is 4.03. The molecule has 2 amide bonds. The van der Waals surface area contributed by atoms with Crippen LogP contribution >= 0.6 is 0 Å². The molecule has 0 radical (unpaired) electrons. The minimum absolute atomic E-state index is 0.0676. The van der Waals surface area contributed by atoms with E-state index in [0.717, 1.165) is 12.4 Å². The zero-order valence-corrected chi connectivity index (χ0v) is 34.4. The number of anilines is 6. The highest BCUT2D eigenvalue weighted by Crippen LogP contribution is 2.42. The normalized spacial score (nSPS) is 25.3. The van der Waals surface area contributed by atoms with E-state index in [9.17, 15) is 46.1 Å². The van der Waals surface area contributed by atoms with E-state index in [-0.39, 0.29) is 34.9 Å². The fourth-order valence-electron chi connectivity index (χ4n) is 8.64. The Hall–Kier alpha value is -6.52. The number of rotatable bonds is 6. The number of carbonyl (C=O) groups is 2. The Morgan fingerprint density at radius 1 is 0.576 bits per heavy atom. The van der Waals surface area contributed by atoms with Gasteiger partial charge in [0.2, 0.25) is 23.8 Å². The molecule has 22 nitrogen and oxygen atoms in total. The van der Waals surface area contributed by atoms with Crippen molar-refractivity contribution in [2.24, 2.45) is 0 Å². The lowest BCUT2D eigenvalue weighted by molar-refractivity contribution is -0.141. The van der Waals surface area contributed by atoms with Crippen LogP contribution in [0.5, 0.6) is 0 Å². The Morgan fingerprint density at radius 3 is 1.32 bits per heavy atom. The van der Waals surface area contributed by atoms with E-state index < -0.39 is 95.5 Å². The van der Waals surface area contributed by atoms with Gasteiger partial charge in [-0.05, 0) is 25.7 Å². The van der Waals surface area contributed by atoms with Crippen LogP contribution in [-0.2, 0) is 31.3 Å². The number of amides is 2. The fourth-order valence-corrected chi connectivity index (χ4v) is 8.64. The van der Waals surface area contributed by atoms with E-state index in [2.05, 4.69) is 39.9 Å². The van der Waals surface area contributed by atoms with Crippen LogP contribution in [0.25, 0.3) is 22.5 Å². The second kappa shape index (κ2) is 17.4. The largest absolute Gasteiger partial charge is 0.441 e. The molecule has 0 spiro atoms. The van der Waals surface area contributed by atoms with Gasteiger partial charge in [-0.25, -0.2) is 39.5 Å². The number of alkyl halides is 6. The molecule has 2 aliphatic carbocycles. The third kappa shape index (κ3) is 8.66. The van der Waals surface area contributed by atoms with E-state index in [1.54, 1.807) is 9.80 Å². The molecule has 28 heteroatoms. The predicted molar refractivity (Wildman–Crippen MR) is 215 cm³/mol. The molecule has 8 heterocycles. The van der Waals surface area contributed by atoms with Crippen LogP contribution in [-0.4, -0.2) is 151 Å². The highest BCUT2D eigenvalue weighted by atomic mass is 19.4. The molecule has 6 aliphatic rings. The van der Waals surface area contributed by atoms with E-state index in [0.29, 0.717) is 78.3 Å². The number of aromatic nitrogens is 8. The number of fused-ring (bicyclic) bond motifs is 2. The number of hydrogen-bond acceptors (Lipinski definition) is 20. The Kier molecular flexibility index (Phi) is 11.8. The van der Waals surface area contributed by atoms with Crippen molar-refractivity contribution >= 4 is 47.6 Å². The van der Waals surface area contributed by atoms with Crippen molar-refractivity contribution in [3.05, 3.63) is 35.9 Å². The van der Waals surface area contributed by atoms with Crippen LogP contribution in [0.4, 0.5) is 71.4 Å². The Morgan fingerprint density at radius 2 is 0.955 bits per heavy atom. The van der Waals surface area contributed by atoms with Gasteiger partial charge in [0.15, 0.2) is 23.6 Å². The first-order valence-corrected chi connectivity index (χ1v) is 20.6. The van der Waals surface area contributed by atoms with Crippen molar-refractivity contribution in [1.29, 1.82) is 0 Å². The van der Waals surface area contributed by atoms with Crippen molar-refractivity contribution < 1.29 is 65.1 Å². The van der Waals surface area contributed by atoms with Crippen molar-refractivity contribution in [3.8, 4) is 22.5 Å². The third-order valence-corrected chi connectivity index (χ3v) is 11.8. The summed E-state index contributed by atoms with van der Waals surface area (Å²) in [4.78, 5) is 63.1. The zero-order valence-electron chi connectivity index (χ0n) is 34.4. The van der Waals surface area contributed by atoms with Gasteiger partial charge < -0.3 is 50.4 Å². The molecule has 4 aromatic rings. The lowest BCUT2D eigenvalue weighted by Gasteiger charge is -2.28. The van der Waals surface area contributed by atoms with Crippen LogP contribution in [0.2, 0.25) is 0 Å². The summed E-state index contributed by atoms with van der Waals surface area (Å²) < 4.78 is 104. The minimum atomic E-state index is -4.82. The molecule has 0 aromatic carbocycles. The average molecular weight is 935 g/mol. The maximum absolute atomic E-state index is 13.7. The van der Waals surface area contributed by atoms with Gasteiger partial charge in [-0.1, -0.05) is 0 Å². The van der Waals surface area contributed by atoms with Crippen molar-refractivity contribution in [2.45, 2.75) is 74.5 Å². The predicted octanol–water partition coefficient (Wildman–Crippen LogP) is 2.44. The van der Waals surface area contributed by atoms with E-state index >= 15 is 0 Å². The summed E-state index contributed by atoms with van der Waals surface area (Å²) in [6, 6.07) is 1.56. The molecule has 0 bridgehead atoms. The van der Waals surface area contributed by atoms with Crippen LogP contribution in [0.1, 0.15) is 37.1 Å². The fraction of sp³-hybridized carbons (Fsp3) is 0.526. The summed E-state index contributed by atoms with van der Waals surface area (Å²) in [5, 5.41) is 20.2. The molecule has 66 heavy (non-hydrogen) atoms. The second-order valence-corrected chi connectivity index (χ2v) is 15.9. The summed E-state index contributed by atoms with van der Waals surface area (Å²) >= 11 is 0. The zero-order chi connectivity index (χ0) is 46.7. The van der Waals surface area contributed by atoms with Gasteiger partial charge in [-0.2, -0.15) is 36.3 Å². The molecule has 4 aliphatic heterocycles. The number of morpholine rings is 2. The molecule has 4 saturated heterocycles. The molecule has 4 aromatic heterocycles. The number of nitrogens with two attached hydrogens (primary N) is 2. The van der Waals surface area contributed by atoms with Crippen molar-refractivity contribution in [1.82, 2.24) is 39.9 Å². The molecule has 2 saturated carbocycles. The smallest absolute Gasteiger partial charge is 0.434 e. The quantitative estimate of drug-likeness (QED) is 0.202. The number of hydrogen-bond donors (Lipinski definition) is 4. The number of aliphatic hydroxyl groups excluding tert-OH is 2. The number of carbonyl (C=O) groups excluding carboxylic acids is 2. The van der Waals surface area contributed by atoms with Gasteiger partial charge in [0.1, 0.15) is 11.6 Å². The molecular formula is C38H40F6N14O8. The van der Waals surface area contributed by atoms with Crippen LogP contribution in [0, 0.1) is 0 Å². The van der Waals surface area contributed by atoms with Gasteiger partial charge in [0.05, 0.1) is 62.1 Å². The van der Waals surface area contributed by atoms with Gasteiger partial charge in [0, 0.05) is 61.8 Å². The minimum Gasteiger partial charge on any atom is -0.441 e. The highest BCUT2D eigenvalue weighted by molar-refractivity contribution is 5.92. The summed E-state index contributed by atoms with van der Waals surface area (Å²) in [6.45, 7) is 3.25. The standard InChI is InChI=1S/2C19H20F3N7O4/c2*20-19(21,22)15-9(8-24-16(23)27-15)10-7-13(26-17(25-10)28-3-5-32-6-4-28)29-11-1-2-12(30)14(11)33-18(29)31/h2*7-8,11-12,14,30H,1-6H2,(H2,23,24,27)/t2*11?,12-,14-/m10/s1. The summed E-state index contributed by atoms with van der Waals surface area (Å²) in [7, 11) is 0. The SMILES string of the molecule is Nc1ncc(-c2cc(N3C(=O)O[C@@H]4C3CC[C@H]4O)nc(N3CCOCC3)n2)c(C(F)(F)F)n1.Nc1ncc(-c2cc(N3C(=O)O[C@H]4C3CC[C@@H]4O)nc(N3CCOCC3)n2)c(C(F)(F)F)n1. The first-order chi connectivity index (χ1) is 31.4. The summed E-state index contributed by atoms with van der Waals surface area (Å²) in [6.07, 6.45) is -10.5. The number of ether oxygens (including phenoxy) is 4. The highest BCUT2D eigenvalue weighted by Gasteiger charge is 2.52. The third-order valence-electron chi connectivity index (χ3n) is 11.8. The monoisotopic (exact) mass is 934 g/mol. The summed E-state index contributed by atoms with van der Waals surface area (Å²) in [5.41, 5.74) is 7.27.